The van der Waals surface area contributed by atoms with Gasteiger partial charge < -0.3 is 9.64 Å². The zero-order valence-electron chi connectivity index (χ0n) is 18.4. The maximum Gasteiger partial charge on any atom is 0.341 e. The lowest BCUT2D eigenvalue weighted by Crippen LogP contribution is -2.58. The predicted octanol–water partition coefficient (Wildman–Crippen LogP) is 3.39. The van der Waals surface area contributed by atoms with E-state index in [1.54, 1.807) is 7.05 Å². The Kier molecular flexibility index (Phi) is 5.60. The van der Waals surface area contributed by atoms with Crippen LogP contribution >= 0.6 is 0 Å². The molecule has 0 spiro atoms. The molecule has 178 valence electrons. The summed E-state index contributed by atoms with van der Waals surface area (Å²) in [6.07, 6.45) is 3.75. The molecule has 5 rings (SSSR count). The van der Waals surface area contributed by atoms with Gasteiger partial charge in [-0.2, -0.15) is 15.5 Å². The van der Waals surface area contributed by atoms with Crippen LogP contribution in [-0.4, -0.2) is 56.1 Å². The van der Waals surface area contributed by atoms with E-state index in [2.05, 4.69) is 15.2 Å². The average molecular weight is 481 g/mol. The number of hydrogen-bond acceptors (Lipinski definition) is 6. The van der Waals surface area contributed by atoms with E-state index in [1.165, 1.54) is 45.2 Å². The van der Waals surface area contributed by atoms with E-state index in [-0.39, 0.29) is 24.4 Å². The van der Waals surface area contributed by atoms with Crippen LogP contribution in [-0.2, 0) is 7.05 Å². The zero-order valence-corrected chi connectivity index (χ0v) is 18.4. The van der Waals surface area contributed by atoms with Gasteiger partial charge in [0.25, 0.3) is 0 Å². The van der Waals surface area contributed by atoms with Gasteiger partial charge in [0.15, 0.2) is 11.6 Å². The lowest BCUT2D eigenvalue weighted by Gasteiger charge is -2.41. The average Bonchev–Trinajstić information content (AvgIpc) is 3.43. The summed E-state index contributed by atoms with van der Waals surface area (Å²) in [5, 5.41) is 18.6. The second-order valence-corrected chi connectivity index (χ2v) is 8.17. The SMILES string of the molecule is Cn1ncc(C#N)c1-c1cc(OC2CN(C(=O)N3N=CC[C@H]3c3cc(F)cc(F)c3)C2)c(F)cn1. The number of pyridine rings is 1. The molecule has 2 aliphatic rings. The van der Waals surface area contributed by atoms with E-state index in [4.69, 9.17) is 4.74 Å². The molecule has 0 saturated carbocycles. The molecule has 0 unspecified atom stereocenters. The third-order valence-corrected chi connectivity index (χ3v) is 5.83. The lowest BCUT2D eigenvalue weighted by molar-refractivity contribution is 0.0256. The summed E-state index contributed by atoms with van der Waals surface area (Å²) in [6.45, 7) is 0.336. The first-order valence-corrected chi connectivity index (χ1v) is 10.6. The molecule has 12 heteroatoms. The van der Waals surface area contributed by atoms with Crippen molar-refractivity contribution < 1.29 is 22.7 Å². The highest BCUT2D eigenvalue weighted by Crippen LogP contribution is 2.32. The summed E-state index contributed by atoms with van der Waals surface area (Å²) in [5.41, 5.74) is 1.34. The van der Waals surface area contributed by atoms with Crippen molar-refractivity contribution in [1.29, 1.82) is 5.26 Å². The normalized spacial score (nSPS) is 17.4. The molecule has 2 aromatic heterocycles. The van der Waals surface area contributed by atoms with Crippen molar-refractivity contribution in [1.82, 2.24) is 24.7 Å². The summed E-state index contributed by atoms with van der Waals surface area (Å²) >= 11 is 0. The largest absolute Gasteiger partial charge is 0.483 e. The van der Waals surface area contributed by atoms with Crippen molar-refractivity contribution >= 4 is 12.2 Å². The van der Waals surface area contributed by atoms with Crippen molar-refractivity contribution in [2.45, 2.75) is 18.6 Å². The third kappa shape index (κ3) is 4.16. The molecule has 2 aliphatic heterocycles. The van der Waals surface area contributed by atoms with Crippen molar-refractivity contribution in [3.63, 3.8) is 0 Å². The number of carbonyl (C=O) groups is 1. The number of hydrazone groups is 1. The van der Waals surface area contributed by atoms with E-state index in [9.17, 15) is 23.2 Å². The third-order valence-electron chi connectivity index (χ3n) is 5.83. The molecule has 2 amide bonds. The standard InChI is InChI=1S/C23H18F3N7O2/c1-31-22(14(8-27)9-30-31)19-7-21(18(26)10-28-19)35-17-11-32(12-17)23(34)33-20(2-3-29-33)13-4-15(24)6-16(25)5-13/h3-7,9-10,17,20H,2,11-12H2,1H3/t20-/m0/s1. The number of urea groups is 1. The minimum absolute atomic E-state index is 0.0653. The van der Waals surface area contributed by atoms with Gasteiger partial charge in [-0.15, -0.1) is 0 Å². The monoisotopic (exact) mass is 481 g/mol. The van der Waals surface area contributed by atoms with Crippen LogP contribution in [0, 0.1) is 28.8 Å². The molecule has 0 N–H and O–H groups in total. The Labute approximate surface area is 197 Å². The van der Waals surface area contributed by atoms with Crippen molar-refractivity contribution in [3.8, 4) is 23.2 Å². The number of hydrogen-bond donors (Lipinski definition) is 0. The number of nitrogens with zero attached hydrogens (tertiary/aromatic N) is 7. The Morgan fingerprint density at radius 2 is 1.89 bits per heavy atom. The molecular weight excluding hydrogens is 463 g/mol. The first-order chi connectivity index (χ1) is 16.8. The molecule has 3 aromatic rings. The quantitative estimate of drug-likeness (QED) is 0.569. The van der Waals surface area contributed by atoms with Gasteiger partial charge in [0, 0.05) is 31.8 Å². The zero-order chi connectivity index (χ0) is 24.7. The maximum absolute atomic E-state index is 14.4. The predicted molar refractivity (Wildman–Crippen MR) is 117 cm³/mol. The van der Waals surface area contributed by atoms with Gasteiger partial charge in [-0.3, -0.25) is 9.67 Å². The molecule has 4 heterocycles. The van der Waals surface area contributed by atoms with Crippen molar-refractivity contribution in [3.05, 3.63) is 65.2 Å². The van der Waals surface area contributed by atoms with E-state index < -0.39 is 35.6 Å². The molecule has 1 aromatic carbocycles. The summed E-state index contributed by atoms with van der Waals surface area (Å²) in [5.74, 6) is -2.21. The van der Waals surface area contributed by atoms with Gasteiger partial charge in [-0.1, -0.05) is 0 Å². The molecule has 35 heavy (non-hydrogen) atoms. The number of halogens is 3. The fraction of sp³-hybridized carbons (Fsp3) is 0.261. The molecule has 0 bridgehead atoms. The van der Waals surface area contributed by atoms with Crippen LogP contribution in [0.4, 0.5) is 18.0 Å². The highest BCUT2D eigenvalue weighted by atomic mass is 19.1. The maximum atomic E-state index is 14.4. The summed E-state index contributed by atoms with van der Waals surface area (Å²) < 4.78 is 48.9. The number of ether oxygens (including phenoxy) is 1. The molecule has 1 fully saturated rings. The number of aromatic nitrogens is 3. The first-order valence-electron chi connectivity index (χ1n) is 10.6. The minimum atomic E-state index is -0.733. The molecule has 9 nitrogen and oxygen atoms in total. The Balaban J connectivity index is 1.26. The van der Waals surface area contributed by atoms with Crippen molar-refractivity contribution in [2.75, 3.05) is 13.1 Å². The van der Waals surface area contributed by atoms with E-state index in [1.807, 2.05) is 6.07 Å². The molecule has 1 saturated heterocycles. The van der Waals surface area contributed by atoms with E-state index in [0.717, 1.165) is 12.3 Å². The summed E-state index contributed by atoms with van der Waals surface area (Å²) in [7, 11) is 1.64. The number of nitriles is 1. The van der Waals surface area contributed by atoms with E-state index in [0.29, 0.717) is 23.4 Å². The van der Waals surface area contributed by atoms with Crippen LogP contribution in [0.1, 0.15) is 23.6 Å². The number of rotatable bonds is 4. The molecule has 1 atom stereocenters. The Hall–Kier alpha value is -4.40. The van der Waals surface area contributed by atoms with Crippen LogP contribution in [0.25, 0.3) is 11.4 Å². The fourth-order valence-electron chi connectivity index (χ4n) is 4.10. The van der Waals surface area contributed by atoms with Crippen LogP contribution in [0.5, 0.6) is 5.75 Å². The van der Waals surface area contributed by atoms with Crippen LogP contribution < -0.4 is 4.74 Å². The number of amides is 2. The van der Waals surface area contributed by atoms with Gasteiger partial charge in [-0.25, -0.2) is 23.0 Å². The minimum Gasteiger partial charge on any atom is -0.483 e. The van der Waals surface area contributed by atoms with Crippen LogP contribution in [0.3, 0.4) is 0 Å². The van der Waals surface area contributed by atoms with Gasteiger partial charge in [0.05, 0.1) is 42.8 Å². The van der Waals surface area contributed by atoms with Gasteiger partial charge in [0.1, 0.15) is 29.5 Å². The van der Waals surface area contributed by atoms with E-state index >= 15 is 0 Å². The Bertz CT molecular complexity index is 1360. The number of aryl methyl sites for hydroxylation is 1. The summed E-state index contributed by atoms with van der Waals surface area (Å²) in [4.78, 5) is 18.4. The molecule has 0 radical (unpaired) electrons. The second kappa shape index (κ2) is 8.75. The number of benzene rings is 1. The highest BCUT2D eigenvalue weighted by molar-refractivity contribution is 5.79. The first kappa shape index (κ1) is 22.4. The lowest BCUT2D eigenvalue weighted by atomic mass is 10.0. The van der Waals surface area contributed by atoms with Gasteiger partial charge >= 0.3 is 6.03 Å². The Morgan fingerprint density at radius 3 is 2.60 bits per heavy atom. The Morgan fingerprint density at radius 1 is 1.14 bits per heavy atom. The second-order valence-electron chi connectivity index (χ2n) is 8.17. The number of likely N-dealkylation sites (tertiary alicyclic amines) is 1. The molecule has 0 aliphatic carbocycles. The number of carbonyl (C=O) groups excluding carboxylic acids is 1. The fourth-order valence-corrected chi connectivity index (χ4v) is 4.10. The van der Waals surface area contributed by atoms with Gasteiger partial charge in [-0.05, 0) is 17.7 Å². The topological polar surface area (TPSA) is 99.6 Å². The van der Waals surface area contributed by atoms with Crippen molar-refractivity contribution in [2.24, 2.45) is 12.1 Å². The summed E-state index contributed by atoms with van der Waals surface area (Å²) in [6, 6.07) is 5.45. The smallest absolute Gasteiger partial charge is 0.341 e. The van der Waals surface area contributed by atoms with Crippen LogP contribution in [0.15, 0.2) is 41.8 Å². The molecular formula is C23H18F3N7O2. The van der Waals surface area contributed by atoms with Gasteiger partial charge in [0.2, 0.25) is 0 Å². The highest BCUT2D eigenvalue weighted by Gasteiger charge is 2.39. The van der Waals surface area contributed by atoms with Crippen LogP contribution in [0.2, 0.25) is 0 Å².